The van der Waals surface area contributed by atoms with Gasteiger partial charge in [0, 0.05) is 10.2 Å². The first-order chi connectivity index (χ1) is 6.59. The van der Waals surface area contributed by atoms with E-state index >= 15 is 0 Å². The largest absolute Gasteiger partial charge is 0.489 e. The first-order valence-corrected chi connectivity index (χ1v) is 5.77. The minimum Gasteiger partial charge on any atom is -0.423 e. The van der Waals surface area contributed by atoms with Crippen LogP contribution < -0.4 is 5.46 Å². The van der Waals surface area contributed by atoms with Crippen molar-refractivity contribution in [3.63, 3.8) is 0 Å². The molecule has 2 nitrogen and oxygen atoms in total. The summed E-state index contributed by atoms with van der Waals surface area (Å²) in [6.07, 6.45) is 0. The van der Waals surface area contributed by atoms with Crippen molar-refractivity contribution in [1.29, 1.82) is 0 Å². The van der Waals surface area contributed by atoms with E-state index in [1.54, 1.807) is 11.4 Å². The first kappa shape index (κ1) is 10.3. The molecule has 0 spiro atoms. The van der Waals surface area contributed by atoms with Gasteiger partial charge < -0.3 is 10.0 Å². The highest BCUT2D eigenvalue weighted by Crippen LogP contribution is 2.23. The maximum Gasteiger partial charge on any atom is 0.489 e. The Morgan fingerprint density at radius 3 is 2.71 bits per heavy atom. The summed E-state index contributed by atoms with van der Waals surface area (Å²) in [5.74, 6) is -0.335. The van der Waals surface area contributed by atoms with Crippen molar-refractivity contribution in [2.45, 2.75) is 0 Å². The molecule has 0 saturated heterocycles. The van der Waals surface area contributed by atoms with Gasteiger partial charge in [-0.25, -0.2) is 4.39 Å². The number of rotatable bonds is 1. The van der Waals surface area contributed by atoms with Crippen molar-refractivity contribution < 1.29 is 14.4 Å². The fraction of sp³-hybridized carbons (Fsp3) is 0. The monoisotopic (exact) mass is 322 g/mol. The molecule has 0 unspecified atom stereocenters. The standard InChI is InChI=1S/C8H5BFIO2S/c10-6-1-4-5(9(12)13)3-14-8(4)2-7(6)11/h1-3,12-13H. The fourth-order valence-corrected chi connectivity index (χ4v) is 2.91. The zero-order chi connectivity index (χ0) is 10.3. The molecule has 0 saturated carbocycles. The summed E-state index contributed by atoms with van der Waals surface area (Å²) in [7, 11) is -1.54. The van der Waals surface area contributed by atoms with Crippen molar-refractivity contribution in [3.05, 3.63) is 26.9 Å². The van der Waals surface area contributed by atoms with Crippen LogP contribution in [0.2, 0.25) is 0 Å². The third-order valence-corrected chi connectivity index (χ3v) is 3.71. The van der Waals surface area contributed by atoms with Gasteiger partial charge in [0.15, 0.2) is 0 Å². The van der Waals surface area contributed by atoms with E-state index in [2.05, 4.69) is 0 Å². The topological polar surface area (TPSA) is 40.5 Å². The lowest BCUT2D eigenvalue weighted by atomic mass is 9.80. The minimum absolute atomic E-state index is 0.335. The molecule has 0 aliphatic carbocycles. The molecule has 1 aromatic carbocycles. The maximum atomic E-state index is 13.2. The van der Waals surface area contributed by atoms with Gasteiger partial charge in [-0.15, -0.1) is 11.3 Å². The van der Waals surface area contributed by atoms with E-state index in [4.69, 9.17) is 10.0 Å². The fourth-order valence-electron chi connectivity index (χ4n) is 1.24. The minimum atomic E-state index is -1.54. The number of benzene rings is 1. The quantitative estimate of drug-likeness (QED) is 0.614. The van der Waals surface area contributed by atoms with Crippen LogP contribution in [0.3, 0.4) is 0 Å². The SMILES string of the molecule is OB(O)c1csc2cc(I)c(F)cc12. The Kier molecular flexibility index (Phi) is 2.78. The summed E-state index contributed by atoms with van der Waals surface area (Å²) in [6.45, 7) is 0. The second kappa shape index (κ2) is 3.76. The Morgan fingerprint density at radius 1 is 1.36 bits per heavy atom. The molecule has 0 bridgehead atoms. The second-order valence-electron chi connectivity index (χ2n) is 2.83. The van der Waals surface area contributed by atoms with Crippen LogP contribution in [-0.4, -0.2) is 17.2 Å². The molecule has 0 atom stereocenters. The molecule has 0 radical (unpaired) electrons. The van der Waals surface area contributed by atoms with Crippen molar-refractivity contribution in [3.8, 4) is 0 Å². The lowest BCUT2D eigenvalue weighted by Gasteiger charge is -1.98. The summed E-state index contributed by atoms with van der Waals surface area (Å²) in [5, 5.41) is 20.2. The van der Waals surface area contributed by atoms with Crippen molar-refractivity contribution in [2.24, 2.45) is 0 Å². The summed E-state index contributed by atoms with van der Waals surface area (Å²) >= 11 is 3.28. The van der Waals surface area contributed by atoms with Gasteiger partial charge in [0.05, 0.1) is 3.57 Å². The molecular weight excluding hydrogens is 317 g/mol. The van der Waals surface area contributed by atoms with Crippen LogP contribution >= 0.6 is 33.9 Å². The smallest absolute Gasteiger partial charge is 0.423 e. The predicted molar refractivity (Wildman–Crippen MR) is 64.3 cm³/mol. The average Bonchev–Trinajstić information content (AvgIpc) is 2.48. The second-order valence-corrected chi connectivity index (χ2v) is 4.90. The van der Waals surface area contributed by atoms with Crippen LogP contribution in [0.5, 0.6) is 0 Å². The van der Waals surface area contributed by atoms with Gasteiger partial charge in [-0.05, 0) is 45.5 Å². The van der Waals surface area contributed by atoms with Crippen LogP contribution in [-0.2, 0) is 0 Å². The summed E-state index contributed by atoms with van der Waals surface area (Å²) in [5.41, 5.74) is 0.361. The molecule has 1 heterocycles. The predicted octanol–water partition coefficient (Wildman–Crippen LogP) is 1.32. The highest BCUT2D eigenvalue weighted by Gasteiger charge is 2.17. The zero-order valence-corrected chi connectivity index (χ0v) is 9.84. The van der Waals surface area contributed by atoms with Crippen LogP contribution in [0.25, 0.3) is 10.1 Å². The Bertz CT molecular complexity index is 485. The summed E-state index contributed by atoms with van der Waals surface area (Å²) in [6, 6.07) is 3.03. The zero-order valence-electron chi connectivity index (χ0n) is 6.87. The normalized spacial score (nSPS) is 10.9. The van der Waals surface area contributed by atoms with Crippen LogP contribution in [0, 0.1) is 9.39 Å². The highest BCUT2D eigenvalue weighted by atomic mass is 127. The molecular formula is C8H5BFIO2S. The molecule has 0 fully saturated rings. The van der Waals surface area contributed by atoms with E-state index in [1.165, 1.54) is 17.4 Å². The van der Waals surface area contributed by atoms with Gasteiger partial charge in [-0.1, -0.05) is 0 Å². The summed E-state index contributed by atoms with van der Waals surface area (Å²) < 4.78 is 14.6. The van der Waals surface area contributed by atoms with Crippen molar-refractivity contribution in [2.75, 3.05) is 0 Å². The van der Waals surface area contributed by atoms with Crippen LogP contribution in [0.1, 0.15) is 0 Å². The number of fused-ring (bicyclic) bond motifs is 1. The van der Waals surface area contributed by atoms with E-state index in [-0.39, 0.29) is 5.82 Å². The lowest BCUT2D eigenvalue weighted by molar-refractivity contribution is 0.426. The van der Waals surface area contributed by atoms with E-state index in [9.17, 15) is 4.39 Å². The number of hydrogen-bond donors (Lipinski definition) is 2. The molecule has 2 rings (SSSR count). The third kappa shape index (κ3) is 1.67. The van der Waals surface area contributed by atoms with Crippen LogP contribution in [0.4, 0.5) is 4.39 Å². The number of thiophene rings is 1. The molecule has 2 N–H and O–H groups in total. The van der Waals surface area contributed by atoms with Crippen LogP contribution in [0.15, 0.2) is 17.5 Å². The number of hydrogen-bond acceptors (Lipinski definition) is 3. The van der Waals surface area contributed by atoms with E-state index in [0.717, 1.165) is 4.70 Å². The molecule has 2 aromatic rings. The molecule has 1 aromatic heterocycles. The Morgan fingerprint density at radius 2 is 2.07 bits per heavy atom. The van der Waals surface area contributed by atoms with Crippen molar-refractivity contribution in [1.82, 2.24) is 0 Å². The third-order valence-electron chi connectivity index (χ3n) is 1.92. The van der Waals surface area contributed by atoms with Gasteiger partial charge in [0.25, 0.3) is 0 Å². The van der Waals surface area contributed by atoms with E-state index < -0.39 is 7.12 Å². The Labute approximate surface area is 97.7 Å². The Balaban J connectivity index is 2.74. The van der Waals surface area contributed by atoms with Gasteiger partial charge in [-0.2, -0.15) is 0 Å². The summed E-state index contributed by atoms with van der Waals surface area (Å²) in [4.78, 5) is 0. The van der Waals surface area contributed by atoms with E-state index in [0.29, 0.717) is 14.4 Å². The molecule has 72 valence electrons. The first-order valence-electron chi connectivity index (χ1n) is 3.82. The molecule has 0 amide bonds. The average molecular weight is 322 g/mol. The Hall–Kier alpha value is -0.175. The van der Waals surface area contributed by atoms with Gasteiger partial charge >= 0.3 is 7.12 Å². The highest BCUT2D eigenvalue weighted by molar-refractivity contribution is 14.1. The van der Waals surface area contributed by atoms with Crippen molar-refractivity contribution >= 4 is 56.6 Å². The molecule has 6 heteroatoms. The molecule has 0 aliphatic heterocycles. The lowest BCUT2D eigenvalue weighted by Crippen LogP contribution is -2.28. The van der Waals surface area contributed by atoms with Gasteiger partial charge in [0.1, 0.15) is 5.82 Å². The number of halogens is 2. The maximum absolute atomic E-state index is 13.2. The molecule has 14 heavy (non-hydrogen) atoms. The van der Waals surface area contributed by atoms with Gasteiger partial charge in [-0.3, -0.25) is 0 Å². The molecule has 0 aliphatic rings. The van der Waals surface area contributed by atoms with E-state index in [1.807, 2.05) is 22.6 Å². The van der Waals surface area contributed by atoms with Gasteiger partial charge in [0.2, 0.25) is 0 Å².